The lowest BCUT2D eigenvalue weighted by Gasteiger charge is -2.14. The average molecular weight is 258 g/mol. The highest BCUT2D eigenvalue weighted by molar-refractivity contribution is 5.91. The number of hydrogen-bond acceptors (Lipinski definition) is 3. The van der Waals surface area contributed by atoms with Crippen molar-refractivity contribution in [1.82, 2.24) is 4.57 Å². The van der Waals surface area contributed by atoms with Crippen molar-refractivity contribution in [2.75, 3.05) is 25.1 Å². The van der Waals surface area contributed by atoms with Gasteiger partial charge in [-0.2, -0.15) is 0 Å². The Bertz CT molecular complexity index is 642. The van der Waals surface area contributed by atoms with Gasteiger partial charge in [-0.1, -0.05) is 18.2 Å². The second-order valence-corrected chi connectivity index (χ2v) is 5.08. The summed E-state index contributed by atoms with van der Waals surface area (Å²) in [5.74, 6) is 0.544. The maximum absolute atomic E-state index is 11.9. The molecule has 1 aromatic carbocycles. The first-order chi connectivity index (χ1) is 9.25. The molecular formula is C15H18N2O2. The van der Waals surface area contributed by atoms with Crippen LogP contribution in [0.4, 0.5) is 5.69 Å². The Hall–Kier alpha value is -1.81. The number of aryl methyl sites for hydroxylation is 1. The van der Waals surface area contributed by atoms with Gasteiger partial charge in [-0.25, -0.2) is 0 Å². The molecule has 1 aromatic heterocycles. The average Bonchev–Trinajstić information content (AvgIpc) is 2.95. The molecule has 1 fully saturated rings. The fraction of sp³-hybridized carbons (Fsp3) is 0.400. The van der Waals surface area contributed by atoms with Crippen LogP contribution in [-0.4, -0.2) is 24.3 Å². The van der Waals surface area contributed by atoms with Crippen LogP contribution >= 0.6 is 0 Å². The van der Waals surface area contributed by atoms with Gasteiger partial charge in [0.2, 0.25) is 0 Å². The summed E-state index contributed by atoms with van der Waals surface area (Å²) in [6.45, 7) is 2.52. The van der Waals surface area contributed by atoms with E-state index in [0.717, 1.165) is 42.8 Å². The summed E-state index contributed by atoms with van der Waals surface area (Å²) in [5.41, 5.74) is 1.90. The van der Waals surface area contributed by atoms with E-state index in [-0.39, 0.29) is 5.56 Å². The lowest BCUT2D eigenvalue weighted by Crippen LogP contribution is -2.20. The van der Waals surface area contributed by atoms with Crippen LogP contribution in [0.3, 0.4) is 0 Å². The second kappa shape index (κ2) is 5.05. The number of fused-ring (bicyclic) bond motifs is 1. The maximum Gasteiger partial charge on any atom is 0.252 e. The van der Waals surface area contributed by atoms with E-state index in [0.29, 0.717) is 5.92 Å². The molecule has 0 spiro atoms. The zero-order chi connectivity index (χ0) is 13.2. The van der Waals surface area contributed by atoms with Crippen LogP contribution < -0.4 is 10.9 Å². The molecule has 1 atom stereocenters. The predicted molar refractivity (Wildman–Crippen MR) is 76.6 cm³/mol. The highest BCUT2D eigenvalue weighted by Gasteiger charge is 2.15. The van der Waals surface area contributed by atoms with E-state index < -0.39 is 0 Å². The monoisotopic (exact) mass is 258 g/mol. The minimum atomic E-state index is 0.0175. The van der Waals surface area contributed by atoms with E-state index in [1.807, 2.05) is 24.3 Å². The van der Waals surface area contributed by atoms with E-state index in [9.17, 15) is 4.79 Å². The van der Waals surface area contributed by atoms with Crippen molar-refractivity contribution in [2.24, 2.45) is 13.0 Å². The second-order valence-electron chi connectivity index (χ2n) is 5.08. The topological polar surface area (TPSA) is 43.3 Å². The first-order valence-corrected chi connectivity index (χ1v) is 6.66. The minimum absolute atomic E-state index is 0.0175. The molecule has 0 aliphatic carbocycles. The molecule has 2 aromatic rings. The van der Waals surface area contributed by atoms with Gasteiger partial charge in [0.05, 0.1) is 12.1 Å². The number of pyridine rings is 1. The van der Waals surface area contributed by atoms with E-state index in [1.54, 1.807) is 17.7 Å². The highest BCUT2D eigenvalue weighted by Crippen LogP contribution is 2.22. The summed E-state index contributed by atoms with van der Waals surface area (Å²) in [5, 5.41) is 4.49. The Morgan fingerprint density at radius 2 is 2.26 bits per heavy atom. The maximum atomic E-state index is 11.9. The quantitative estimate of drug-likeness (QED) is 0.915. The molecule has 0 radical (unpaired) electrons. The summed E-state index contributed by atoms with van der Waals surface area (Å²) in [6, 6.07) is 9.65. The Morgan fingerprint density at radius 1 is 1.42 bits per heavy atom. The molecule has 1 aliphatic rings. The van der Waals surface area contributed by atoms with Gasteiger partial charge in [0.25, 0.3) is 5.56 Å². The van der Waals surface area contributed by atoms with Crippen LogP contribution in [-0.2, 0) is 11.8 Å². The van der Waals surface area contributed by atoms with E-state index in [2.05, 4.69) is 5.32 Å². The molecule has 2 heterocycles. The molecule has 0 saturated carbocycles. The largest absolute Gasteiger partial charge is 0.384 e. The van der Waals surface area contributed by atoms with Crippen molar-refractivity contribution < 1.29 is 4.74 Å². The number of para-hydroxylation sites is 1. The minimum Gasteiger partial charge on any atom is -0.384 e. The summed E-state index contributed by atoms with van der Waals surface area (Å²) < 4.78 is 7.05. The number of nitrogens with zero attached hydrogens (tertiary/aromatic N) is 1. The zero-order valence-corrected chi connectivity index (χ0v) is 11.1. The summed E-state index contributed by atoms with van der Waals surface area (Å²) in [7, 11) is 1.80. The molecule has 4 nitrogen and oxygen atoms in total. The van der Waals surface area contributed by atoms with Crippen molar-refractivity contribution in [3.05, 3.63) is 40.7 Å². The van der Waals surface area contributed by atoms with Gasteiger partial charge in [0, 0.05) is 43.3 Å². The van der Waals surface area contributed by atoms with Gasteiger partial charge >= 0.3 is 0 Å². The standard InChI is InChI=1S/C15H18N2O2/c1-17-14-5-3-2-4-12(14)13(8-15(17)18)16-9-11-6-7-19-10-11/h2-5,8,11,16H,6-7,9-10H2,1H3. The lowest BCUT2D eigenvalue weighted by molar-refractivity contribution is 0.187. The van der Waals surface area contributed by atoms with Crippen molar-refractivity contribution in [2.45, 2.75) is 6.42 Å². The highest BCUT2D eigenvalue weighted by atomic mass is 16.5. The third-order valence-corrected chi connectivity index (χ3v) is 3.76. The predicted octanol–water partition coefficient (Wildman–Crippen LogP) is 1.99. The molecule has 1 unspecified atom stereocenters. The van der Waals surface area contributed by atoms with E-state index >= 15 is 0 Å². The van der Waals surface area contributed by atoms with Crippen molar-refractivity contribution in [1.29, 1.82) is 0 Å². The summed E-state index contributed by atoms with van der Waals surface area (Å²) in [4.78, 5) is 11.9. The number of aromatic nitrogens is 1. The summed E-state index contributed by atoms with van der Waals surface area (Å²) in [6.07, 6.45) is 1.09. The number of anilines is 1. The van der Waals surface area contributed by atoms with Crippen LogP contribution in [0.2, 0.25) is 0 Å². The first-order valence-electron chi connectivity index (χ1n) is 6.66. The van der Waals surface area contributed by atoms with Crippen molar-refractivity contribution in [3.8, 4) is 0 Å². The molecule has 3 rings (SSSR count). The number of nitrogens with one attached hydrogen (secondary N) is 1. The van der Waals surface area contributed by atoms with Crippen LogP contribution in [0, 0.1) is 5.92 Å². The smallest absolute Gasteiger partial charge is 0.252 e. The van der Waals surface area contributed by atoms with Gasteiger partial charge in [-0.05, 0) is 12.5 Å². The van der Waals surface area contributed by atoms with Crippen LogP contribution in [0.5, 0.6) is 0 Å². The van der Waals surface area contributed by atoms with Crippen molar-refractivity contribution in [3.63, 3.8) is 0 Å². The van der Waals surface area contributed by atoms with Gasteiger partial charge < -0.3 is 14.6 Å². The number of ether oxygens (including phenoxy) is 1. The molecule has 19 heavy (non-hydrogen) atoms. The molecule has 0 bridgehead atoms. The first kappa shape index (κ1) is 12.2. The van der Waals surface area contributed by atoms with Crippen LogP contribution in [0.25, 0.3) is 10.9 Å². The lowest BCUT2D eigenvalue weighted by atomic mass is 10.1. The Balaban J connectivity index is 1.94. The number of benzene rings is 1. The molecular weight excluding hydrogens is 240 g/mol. The third kappa shape index (κ3) is 2.36. The van der Waals surface area contributed by atoms with E-state index in [1.165, 1.54) is 0 Å². The number of hydrogen-bond donors (Lipinski definition) is 1. The van der Waals surface area contributed by atoms with Crippen LogP contribution in [0.15, 0.2) is 35.1 Å². The third-order valence-electron chi connectivity index (χ3n) is 3.76. The van der Waals surface area contributed by atoms with Gasteiger partial charge in [-0.15, -0.1) is 0 Å². The summed E-state index contributed by atoms with van der Waals surface area (Å²) >= 11 is 0. The fourth-order valence-electron chi connectivity index (χ4n) is 2.56. The molecule has 1 aliphatic heterocycles. The van der Waals surface area contributed by atoms with E-state index in [4.69, 9.17) is 4.74 Å². The Morgan fingerprint density at radius 3 is 3.05 bits per heavy atom. The Labute approximate surface area is 112 Å². The van der Waals surface area contributed by atoms with Crippen molar-refractivity contribution >= 4 is 16.6 Å². The van der Waals surface area contributed by atoms with Gasteiger partial charge in [0.15, 0.2) is 0 Å². The fourth-order valence-corrected chi connectivity index (χ4v) is 2.56. The molecule has 1 N–H and O–H groups in total. The van der Waals surface area contributed by atoms with Gasteiger partial charge in [0.1, 0.15) is 0 Å². The molecule has 4 heteroatoms. The van der Waals surface area contributed by atoms with Crippen LogP contribution in [0.1, 0.15) is 6.42 Å². The molecule has 1 saturated heterocycles. The molecule has 100 valence electrons. The van der Waals surface area contributed by atoms with Gasteiger partial charge in [-0.3, -0.25) is 4.79 Å². The SMILES string of the molecule is Cn1c(=O)cc(NCC2CCOC2)c2ccccc21. The Kier molecular flexibility index (Phi) is 3.25. The number of rotatable bonds is 3. The molecule has 0 amide bonds. The normalized spacial score (nSPS) is 18.9. The zero-order valence-electron chi connectivity index (χ0n) is 11.1.